The minimum absolute atomic E-state index is 0.102. The molecule has 2 aliphatic rings. The minimum atomic E-state index is -1.06. The summed E-state index contributed by atoms with van der Waals surface area (Å²) in [6.07, 6.45) is 0.440. The Kier molecular flexibility index (Phi) is 4.94. The second-order valence-electron chi connectivity index (χ2n) is 9.49. The number of carbonyl (C=O) groups is 2. The average molecular weight is 474 g/mol. The molecule has 9 nitrogen and oxygen atoms in total. The number of carboxylic acid groups (broad SMARTS) is 1. The van der Waals surface area contributed by atoms with E-state index in [-0.39, 0.29) is 18.0 Å². The zero-order valence-electron chi connectivity index (χ0n) is 19.7. The molecule has 2 N–H and O–H groups in total. The predicted octanol–water partition coefficient (Wildman–Crippen LogP) is 4.02. The van der Waals surface area contributed by atoms with Crippen molar-refractivity contribution >= 4 is 33.9 Å². The lowest BCUT2D eigenvalue weighted by atomic mass is 10.0. The molecule has 0 radical (unpaired) electrons. The number of benzene rings is 2. The highest BCUT2D eigenvalue weighted by atomic mass is 16.5. The van der Waals surface area contributed by atoms with Gasteiger partial charge in [-0.3, -0.25) is 4.79 Å². The maximum Gasteiger partial charge on any atom is 0.404 e. The number of fused-ring (bicyclic) bond motifs is 1. The molecule has 9 heteroatoms. The number of rotatable bonds is 3. The number of nitrogens with zero attached hydrogens (tertiary/aromatic N) is 4. The molecule has 180 valence electrons. The van der Waals surface area contributed by atoms with E-state index in [1.165, 1.54) is 0 Å². The number of hydrogen-bond acceptors (Lipinski definition) is 4. The van der Waals surface area contributed by atoms with Crippen LogP contribution in [0.3, 0.4) is 0 Å². The van der Waals surface area contributed by atoms with Crippen LogP contribution >= 0.6 is 0 Å². The Morgan fingerprint density at radius 1 is 1.20 bits per heavy atom. The van der Waals surface area contributed by atoms with Gasteiger partial charge in [-0.2, -0.15) is 0 Å². The zero-order chi connectivity index (χ0) is 24.3. The van der Waals surface area contributed by atoms with Gasteiger partial charge < -0.3 is 29.2 Å². The molecule has 1 saturated heterocycles. The smallest absolute Gasteiger partial charge is 0.404 e. The van der Waals surface area contributed by atoms with E-state index in [1.54, 1.807) is 4.90 Å². The highest BCUT2D eigenvalue weighted by Gasteiger charge is 2.28. The molecule has 4 aromatic rings. The number of carbonyl (C=O) groups excluding carboxylic acids is 1. The number of likely N-dealkylation sites (tertiary alicyclic amines) is 1. The Hall–Kier alpha value is -4.01. The van der Waals surface area contributed by atoms with Crippen LogP contribution in [0.25, 0.3) is 33.5 Å². The van der Waals surface area contributed by atoms with Crippen molar-refractivity contribution < 1.29 is 19.4 Å². The van der Waals surface area contributed by atoms with Gasteiger partial charge in [0, 0.05) is 37.1 Å². The highest BCUT2D eigenvalue weighted by Crippen LogP contribution is 2.39. The van der Waals surface area contributed by atoms with Gasteiger partial charge in [-0.05, 0) is 50.1 Å². The van der Waals surface area contributed by atoms with Gasteiger partial charge in [-0.1, -0.05) is 12.1 Å². The third kappa shape index (κ3) is 3.50. The van der Waals surface area contributed by atoms with Crippen molar-refractivity contribution in [1.29, 1.82) is 0 Å². The van der Waals surface area contributed by atoms with E-state index in [2.05, 4.69) is 33.5 Å². The van der Waals surface area contributed by atoms with Crippen LogP contribution < -0.4 is 10.1 Å². The van der Waals surface area contributed by atoms with E-state index < -0.39 is 6.09 Å². The number of aromatic nitrogens is 3. The van der Waals surface area contributed by atoms with Crippen LogP contribution in [-0.2, 0) is 7.05 Å². The fourth-order valence-electron chi connectivity index (χ4n) is 5.48. The lowest BCUT2D eigenvalue weighted by Crippen LogP contribution is -2.49. The van der Waals surface area contributed by atoms with Crippen LogP contribution in [0.5, 0.6) is 5.75 Å². The summed E-state index contributed by atoms with van der Waals surface area (Å²) in [5, 5.41) is 12.7. The largest absolute Gasteiger partial charge is 0.489 e. The summed E-state index contributed by atoms with van der Waals surface area (Å²) in [7, 11) is 1.99. The summed E-state index contributed by atoms with van der Waals surface area (Å²) in [6, 6.07) is 13.8. The highest BCUT2D eigenvalue weighted by molar-refractivity contribution is 5.98. The van der Waals surface area contributed by atoms with Gasteiger partial charge in [0.25, 0.3) is 5.91 Å². The summed E-state index contributed by atoms with van der Waals surface area (Å²) < 4.78 is 10.3. The van der Waals surface area contributed by atoms with Gasteiger partial charge in [0.2, 0.25) is 0 Å². The van der Waals surface area contributed by atoms with Crippen molar-refractivity contribution in [3.8, 4) is 17.3 Å². The SMILES string of the molecule is CC1COc2cccc3cc(-c4nc5cc(C(=O)N6CCC[C@@H](NC(=O)O)C6)ccc5n4C)n1c23. The van der Waals surface area contributed by atoms with Gasteiger partial charge in [0.15, 0.2) is 5.82 Å². The van der Waals surface area contributed by atoms with Gasteiger partial charge in [-0.15, -0.1) is 0 Å². The van der Waals surface area contributed by atoms with Crippen LogP contribution in [0.2, 0.25) is 0 Å². The van der Waals surface area contributed by atoms with E-state index in [0.29, 0.717) is 25.3 Å². The Morgan fingerprint density at radius 3 is 2.89 bits per heavy atom. The number of hydrogen-bond donors (Lipinski definition) is 2. The number of piperidine rings is 1. The van der Waals surface area contributed by atoms with Gasteiger partial charge in [0.1, 0.15) is 12.4 Å². The molecular weight excluding hydrogens is 446 g/mol. The molecule has 2 amide bonds. The van der Waals surface area contributed by atoms with Gasteiger partial charge in [0.05, 0.1) is 28.3 Å². The van der Waals surface area contributed by atoms with Crippen molar-refractivity contribution in [2.75, 3.05) is 19.7 Å². The fraction of sp³-hybridized carbons (Fsp3) is 0.346. The van der Waals surface area contributed by atoms with Crippen molar-refractivity contribution in [1.82, 2.24) is 24.3 Å². The van der Waals surface area contributed by atoms with Crippen LogP contribution in [0.4, 0.5) is 4.79 Å². The zero-order valence-corrected chi connectivity index (χ0v) is 19.7. The third-order valence-electron chi connectivity index (χ3n) is 7.14. The summed E-state index contributed by atoms with van der Waals surface area (Å²) >= 11 is 0. The molecule has 0 aliphatic carbocycles. The molecule has 4 heterocycles. The van der Waals surface area contributed by atoms with Crippen molar-refractivity contribution in [2.45, 2.75) is 31.8 Å². The number of ether oxygens (including phenoxy) is 1. The van der Waals surface area contributed by atoms with E-state index in [9.17, 15) is 9.59 Å². The number of amides is 2. The normalized spacial score (nSPS) is 19.7. The Morgan fingerprint density at radius 2 is 2.06 bits per heavy atom. The van der Waals surface area contributed by atoms with Crippen LogP contribution in [-0.4, -0.2) is 61.9 Å². The molecule has 2 aromatic heterocycles. The molecule has 2 aromatic carbocycles. The summed E-state index contributed by atoms with van der Waals surface area (Å²) in [5.74, 6) is 1.62. The second-order valence-corrected chi connectivity index (χ2v) is 9.49. The van der Waals surface area contributed by atoms with Crippen LogP contribution in [0.1, 0.15) is 36.2 Å². The minimum Gasteiger partial charge on any atom is -0.489 e. The number of aryl methyl sites for hydroxylation is 1. The molecule has 35 heavy (non-hydrogen) atoms. The summed E-state index contributed by atoms with van der Waals surface area (Å²) in [5.41, 5.74) is 4.36. The maximum absolute atomic E-state index is 13.2. The first kappa shape index (κ1) is 21.5. The third-order valence-corrected chi connectivity index (χ3v) is 7.14. The lowest BCUT2D eigenvalue weighted by Gasteiger charge is -2.32. The van der Waals surface area contributed by atoms with Crippen molar-refractivity contribution in [3.05, 3.63) is 48.0 Å². The average Bonchev–Trinajstić information content (AvgIpc) is 3.39. The summed E-state index contributed by atoms with van der Waals surface area (Å²) in [4.78, 5) is 30.9. The first-order valence-electron chi connectivity index (χ1n) is 11.9. The van der Waals surface area contributed by atoms with E-state index >= 15 is 0 Å². The first-order valence-corrected chi connectivity index (χ1v) is 11.9. The summed E-state index contributed by atoms with van der Waals surface area (Å²) in [6.45, 7) is 3.73. The number of nitrogens with one attached hydrogen (secondary N) is 1. The Bertz CT molecular complexity index is 1490. The standard InChI is InChI=1S/C26H27N5O4/c1-15-14-35-22-7-3-5-16-12-21(31(15)23(16)22)24-28-19-11-17(8-9-20(19)29(24)2)25(32)30-10-4-6-18(13-30)27-26(33)34/h3,5,7-9,11-12,15,18,27H,4,6,10,13-14H2,1-2H3,(H,33,34)/t15?,18-/m1/s1. The van der Waals surface area contributed by atoms with Crippen LogP contribution in [0.15, 0.2) is 42.5 Å². The monoisotopic (exact) mass is 473 g/mol. The Balaban J connectivity index is 1.37. The lowest BCUT2D eigenvalue weighted by molar-refractivity contribution is 0.0692. The topological polar surface area (TPSA) is 102 Å². The quantitative estimate of drug-likeness (QED) is 0.468. The molecule has 6 rings (SSSR count). The molecule has 2 aliphatic heterocycles. The van der Waals surface area contributed by atoms with Crippen LogP contribution in [0, 0.1) is 0 Å². The van der Waals surface area contributed by atoms with Gasteiger partial charge in [-0.25, -0.2) is 9.78 Å². The number of imidazole rings is 1. The van der Waals surface area contributed by atoms with E-state index in [1.807, 2.05) is 37.4 Å². The molecule has 2 atom stereocenters. The van der Waals surface area contributed by atoms with E-state index in [0.717, 1.165) is 52.0 Å². The van der Waals surface area contributed by atoms with Crippen molar-refractivity contribution in [2.24, 2.45) is 7.05 Å². The molecule has 1 unspecified atom stereocenters. The molecular formula is C26H27N5O4. The molecule has 1 fully saturated rings. The fourth-order valence-corrected chi connectivity index (χ4v) is 5.48. The van der Waals surface area contributed by atoms with Gasteiger partial charge >= 0.3 is 6.09 Å². The van der Waals surface area contributed by atoms with E-state index in [4.69, 9.17) is 14.8 Å². The maximum atomic E-state index is 13.2. The number of para-hydroxylation sites is 1. The molecule has 0 bridgehead atoms. The molecule has 0 spiro atoms. The Labute approximate surface area is 201 Å². The predicted molar refractivity (Wildman–Crippen MR) is 132 cm³/mol. The van der Waals surface area contributed by atoms with Crippen molar-refractivity contribution in [3.63, 3.8) is 0 Å². The molecule has 0 saturated carbocycles. The second kappa shape index (κ2) is 8.04. The first-order chi connectivity index (χ1) is 16.9.